The number of rotatable bonds is 6. The number of halogens is 1. The maximum Gasteiger partial charge on any atom is 0.271 e. The highest BCUT2D eigenvalue weighted by molar-refractivity contribution is 9.10. The van der Waals surface area contributed by atoms with Crippen LogP contribution >= 0.6 is 15.9 Å². The standard InChI is InChI=1S/C16H14BrN3O5/c1-25-13-4-2-10(3-5-13)6-15(21)19-18-9-11-7-12(20(23)24)8-14(17)16(11)22/h2-5,7-9,22H,6H2,1H3,(H,19,21)/p-1/b18-9-. The van der Waals surface area contributed by atoms with Crippen molar-refractivity contribution in [1.29, 1.82) is 0 Å². The molecule has 0 saturated carbocycles. The molecule has 0 saturated heterocycles. The molecule has 8 nitrogen and oxygen atoms in total. The summed E-state index contributed by atoms with van der Waals surface area (Å²) in [6, 6.07) is 9.16. The second-order valence-corrected chi connectivity index (χ2v) is 5.78. The topological polar surface area (TPSA) is 117 Å². The van der Waals surface area contributed by atoms with Crippen molar-refractivity contribution >= 4 is 33.7 Å². The first-order valence-electron chi connectivity index (χ1n) is 7.00. The van der Waals surface area contributed by atoms with Gasteiger partial charge >= 0.3 is 0 Å². The molecule has 0 atom stereocenters. The van der Waals surface area contributed by atoms with E-state index < -0.39 is 16.6 Å². The second kappa shape index (κ2) is 8.25. The molecule has 0 unspecified atom stereocenters. The maximum absolute atomic E-state index is 11.9. The monoisotopic (exact) mass is 406 g/mol. The number of nitrogens with one attached hydrogen (secondary N) is 1. The third kappa shape index (κ3) is 5.01. The molecule has 0 aliphatic rings. The molecule has 0 aliphatic heterocycles. The first-order valence-corrected chi connectivity index (χ1v) is 7.80. The molecule has 25 heavy (non-hydrogen) atoms. The predicted molar refractivity (Wildman–Crippen MR) is 92.7 cm³/mol. The Kier molecular flexibility index (Phi) is 6.07. The van der Waals surface area contributed by atoms with E-state index in [1.165, 1.54) is 0 Å². The van der Waals surface area contributed by atoms with Crippen molar-refractivity contribution in [2.75, 3.05) is 7.11 Å². The van der Waals surface area contributed by atoms with Crippen LogP contribution in [0.15, 0.2) is 46.0 Å². The van der Waals surface area contributed by atoms with E-state index >= 15 is 0 Å². The summed E-state index contributed by atoms with van der Waals surface area (Å²) in [5.74, 6) is -0.168. The minimum absolute atomic E-state index is 0.00850. The Bertz CT molecular complexity index is 821. The van der Waals surface area contributed by atoms with Gasteiger partial charge in [0.1, 0.15) is 5.75 Å². The third-order valence-corrected chi connectivity index (χ3v) is 3.77. The van der Waals surface area contributed by atoms with Crippen LogP contribution in [0.3, 0.4) is 0 Å². The van der Waals surface area contributed by atoms with E-state index in [2.05, 4.69) is 26.5 Å². The number of carbonyl (C=O) groups is 1. The van der Waals surface area contributed by atoms with Gasteiger partial charge in [0, 0.05) is 16.6 Å². The highest BCUT2D eigenvalue weighted by atomic mass is 79.9. The molecule has 2 aromatic rings. The highest BCUT2D eigenvalue weighted by Crippen LogP contribution is 2.29. The summed E-state index contributed by atoms with van der Waals surface area (Å²) in [6.45, 7) is 0. The number of carbonyl (C=O) groups excluding carboxylic acids is 1. The molecule has 0 spiro atoms. The molecule has 2 aromatic carbocycles. The Morgan fingerprint density at radius 2 is 2.04 bits per heavy atom. The largest absolute Gasteiger partial charge is 0.871 e. The molecule has 9 heteroatoms. The van der Waals surface area contributed by atoms with Gasteiger partial charge < -0.3 is 9.84 Å². The van der Waals surface area contributed by atoms with Gasteiger partial charge in [0.2, 0.25) is 5.91 Å². The predicted octanol–water partition coefficient (Wildman–Crippen LogP) is 2.13. The van der Waals surface area contributed by atoms with Gasteiger partial charge in [0.25, 0.3) is 5.69 Å². The molecular weight excluding hydrogens is 394 g/mol. The van der Waals surface area contributed by atoms with Crippen molar-refractivity contribution in [3.8, 4) is 11.5 Å². The molecule has 0 radical (unpaired) electrons. The van der Waals surface area contributed by atoms with E-state index in [0.717, 1.165) is 23.9 Å². The first-order chi connectivity index (χ1) is 11.9. The zero-order valence-electron chi connectivity index (χ0n) is 13.1. The van der Waals surface area contributed by atoms with Crippen LogP contribution in [-0.4, -0.2) is 24.2 Å². The van der Waals surface area contributed by atoms with Gasteiger partial charge in [-0.25, -0.2) is 5.43 Å². The number of methoxy groups -OCH3 is 1. The fourth-order valence-corrected chi connectivity index (χ4v) is 2.41. The lowest BCUT2D eigenvalue weighted by molar-refractivity contribution is -0.385. The number of non-ortho nitro benzene ring substituents is 1. The number of nitro benzene ring substituents is 1. The number of ether oxygens (including phenoxy) is 1. The van der Waals surface area contributed by atoms with Gasteiger partial charge in [-0.3, -0.25) is 14.9 Å². The van der Waals surface area contributed by atoms with Crippen molar-refractivity contribution < 1.29 is 19.6 Å². The molecule has 2 rings (SSSR count). The van der Waals surface area contributed by atoms with Crippen LogP contribution in [0.1, 0.15) is 11.1 Å². The molecular formula is C16H13BrN3O5-. The lowest BCUT2D eigenvalue weighted by Crippen LogP contribution is -2.19. The lowest BCUT2D eigenvalue weighted by atomic mass is 10.1. The molecule has 0 heterocycles. The van der Waals surface area contributed by atoms with E-state index in [1.54, 1.807) is 31.4 Å². The van der Waals surface area contributed by atoms with Crippen LogP contribution in [0, 0.1) is 10.1 Å². The van der Waals surface area contributed by atoms with Crippen LogP contribution in [-0.2, 0) is 11.2 Å². The van der Waals surface area contributed by atoms with E-state index in [1.807, 2.05) is 0 Å². The Balaban J connectivity index is 2.02. The van der Waals surface area contributed by atoms with Crippen LogP contribution < -0.4 is 15.3 Å². The maximum atomic E-state index is 11.9. The molecule has 1 N–H and O–H groups in total. The third-order valence-electron chi connectivity index (χ3n) is 3.18. The van der Waals surface area contributed by atoms with Crippen molar-refractivity contribution in [3.63, 3.8) is 0 Å². The molecule has 130 valence electrons. The molecule has 0 aliphatic carbocycles. The number of benzene rings is 2. The number of amides is 1. The highest BCUT2D eigenvalue weighted by Gasteiger charge is 2.09. The van der Waals surface area contributed by atoms with Crippen LogP contribution in [0.4, 0.5) is 5.69 Å². The smallest absolute Gasteiger partial charge is 0.271 e. The fraction of sp³-hybridized carbons (Fsp3) is 0.125. The van der Waals surface area contributed by atoms with Crippen molar-refractivity contribution in [2.45, 2.75) is 6.42 Å². The van der Waals surface area contributed by atoms with Crippen LogP contribution in [0.25, 0.3) is 0 Å². The Labute approximate surface area is 151 Å². The average molecular weight is 407 g/mol. The Hall–Kier alpha value is -2.94. The van der Waals surface area contributed by atoms with Gasteiger partial charge in [-0.1, -0.05) is 33.8 Å². The van der Waals surface area contributed by atoms with E-state index in [9.17, 15) is 20.0 Å². The van der Waals surface area contributed by atoms with Crippen molar-refractivity contribution in [2.24, 2.45) is 5.10 Å². The number of nitro groups is 1. The van der Waals surface area contributed by atoms with Gasteiger partial charge in [0.05, 0.1) is 24.7 Å². The summed E-state index contributed by atoms with van der Waals surface area (Å²) in [7, 11) is 1.55. The number of hydrogen-bond donors (Lipinski definition) is 1. The van der Waals surface area contributed by atoms with Gasteiger partial charge in [-0.05, 0) is 23.3 Å². The number of hydrogen-bond acceptors (Lipinski definition) is 6. The minimum atomic E-state index is -0.621. The summed E-state index contributed by atoms with van der Waals surface area (Å²) in [5, 5.41) is 26.4. The van der Waals surface area contributed by atoms with Crippen LogP contribution in [0.2, 0.25) is 0 Å². The normalized spacial score (nSPS) is 10.6. The zero-order chi connectivity index (χ0) is 18.4. The fourth-order valence-electron chi connectivity index (χ4n) is 1.94. The summed E-state index contributed by atoms with van der Waals surface area (Å²) in [4.78, 5) is 22.0. The average Bonchev–Trinajstić information content (AvgIpc) is 2.59. The van der Waals surface area contributed by atoms with Gasteiger partial charge in [-0.15, -0.1) is 0 Å². The Morgan fingerprint density at radius 3 is 2.64 bits per heavy atom. The minimum Gasteiger partial charge on any atom is -0.871 e. The Morgan fingerprint density at radius 1 is 1.36 bits per heavy atom. The van der Waals surface area contributed by atoms with E-state index in [4.69, 9.17) is 4.74 Å². The second-order valence-electron chi connectivity index (χ2n) is 4.92. The summed E-state index contributed by atoms with van der Waals surface area (Å²) < 4.78 is 5.08. The summed E-state index contributed by atoms with van der Waals surface area (Å²) >= 11 is 2.97. The van der Waals surface area contributed by atoms with Gasteiger partial charge in [-0.2, -0.15) is 5.10 Å². The van der Waals surface area contributed by atoms with E-state index in [-0.39, 0.29) is 22.1 Å². The lowest BCUT2D eigenvalue weighted by Gasteiger charge is -2.12. The molecule has 1 amide bonds. The quantitative estimate of drug-likeness (QED) is 0.447. The molecule has 0 bridgehead atoms. The van der Waals surface area contributed by atoms with E-state index in [0.29, 0.717) is 5.75 Å². The summed E-state index contributed by atoms with van der Waals surface area (Å²) in [5.41, 5.74) is 2.78. The number of hydrazone groups is 1. The van der Waals surface area contributed by atoms with Crippen molar-refractivity contribution in [3.05, 3.63) is 62.1 Å². The van der Waals surface area contributed by atoms with Crippen molar-refractivity contribution in [1.82, 2.24) is 5.43 Å². The first kappa shape index (κ1) is 18.4. The zero-order valence-corrected chi connectivity index (χ0v) is 14.6. The van der Waals surface area contributed by atoms with Crippen LogP contribution in [0.5, 0.6) is 11.5 Å². The SMILES string of the molecule is COc1ccc(CC(=O)N/N=C\c2cc([N+](=O)[O-])cc(Br)c2[O-])cc1. The number of nitrogens with zero attached hydrogens (tertiary/aromatic N) is 2. The molecule has 0 fully saturated rings. The molecule has 0 aromatic heterocycles. The van der Waals surface area contributed by atoms with Gasteiger partial charge in [0.15, 0.2) is 0 Å². The summed E-state index contributed by atoms with van der Waals surface area (Å²) in [6.07, 6.45) is 1.16.